The molecule has 108 valence electrons. The van der Waals surface area contributed by atoms with Crippen molar-refractivity contribution >= 4 is 28.9 Å². The minimum absolute atomic E-state index is 0.0196. The number of nitrogens with zero attached hydrogens (tertiary/aromatic N) is 1. The van der Waals surface area contributed by atoms with E-state index in [1.807, 2.05) is 0 Å². The molecule has 1 N–H and O–H groups in total. The Kier molecular flexibility index (Phi) is 4.39. The smallest absolute Gasteiger partial charge is 0.288 e. The standard InChI is InChI=1S/C14H11ClN2O4/c1-21-13-5-3-2-4-11(13)16-14(18)9-6-7-10(15)12(8-9)17(19)20/h2-8H,1H3,(H,16,18). The second kappa shape index (κ2) is 6.23. The van der Waals surface area contributed by atoms with Crippen molar-refractivity contribution in [3.63, 3.8) is 0 Å². The van der Waals surface area contributed by atoms with Gasteiger partial charge in [0.25, 0.3) is 11.6 Å². The highest BCUT2D eigenvalue weighted by Gasteiger charge is 2.17. The lowest BCUT2D eigenvalue weighted by Crippen LogP contribution is -2.12. The van der Waals surface area contributed by atoms with Gasteiger partial charge in [-0.25, -0.2) is 0 Å². The molecule has 0 saturated carbocycles. The number of ether oxygens (including phenoxy) is 1. The van der Waals surface area contributed by atoms with E-state index in [9.17, 15) is 14.9 Å². The Morgan fingerprint density at radius 3 is 2.67 bits per heavy atom. The highest BCUT2D eigenvalue weighted by atomic mass is 35.5. The molecule has 0 aliphatic rings. The molecule has 21 heavy (non-hydrogen) atoms. The van der Waals surface area contributed by atoms with Crippen LogP contribution in [0.1, 0.15) is 10.4 Å². The third kappa shape index (κ3) is 3.29. The molecule has 0 aliphatic heterocycles. The number of para-hydroxylation sites is 2. The first-order valence-corrected chi connectivity index (χ1v) is 6.29. The lowest BCUT2D eigenvalue weighted by atomic mass is 10.2. The van der Waals surface area contributed by atoms with Crippen LogP contribution in [0.2, 0.25) is 5.02 Å². The highest BCUT2D eigenvalue weighted by Crippen LogP contribution is 2.27. The van der Waals surface area contributed by atoms with E-state index < -0.39 is 10.8 Å². The molecule has 2 aromatic carbocycles. The second-order valence-electron chi connectivity index (χ2n) is 4.08. The molecule has 0 heterocycles. The van der Waals surface area contributed by atoms with Crippen molar-refractivity contribution in [1.82, 2.24) is 0 Å². The van der Waals surface area contributed by atoms with Crippen molar-refractivity contribution < 1.29 is 14.5 Å². The van der Waals surface area contributed by atoms with Gasteiger partial charge in [-0.2, -0.15) is 0 Å². The Morgan fingerprint density at radius 1 is 1.29 bits per heavy atom. The number of methoxy groups -OCH3 is 1. The van der Waals surface area contributed by atoms with Gasteiger partial charge in [-0.1, -0.05) is 23.7 Å². The molecule has 0 aromatic heterocycles. The number of carbonyl (C=O) groups is 1. The summed E-state index contributed by atoms with van der Waals surface area (Å²) >= 11 is 5.71. The van der Waals surface area contributed by atoms with Gasteiger partial charge in [-0.05, 0) is 24.3 Å². The summed E-state index contributed by atoms with van der Waals surface area (Å²) in [5.41, 5.74) is 0.295. The van der Waals surface area contributed by atoms with E-state index in [4.69, 9.17) is 16.3 Å². The highest BCUT2D eigenvalue weighted by molar-refractivity contribution is 6.32. The molecule has 2 aromatic rings. The summed E-state index contributed by atoms with van der Waals surface area (Å²) < 4.78 is 5.12. The topological polar surface area (TPSA) is 81.5 Å². The predicted octanol–water partition coefficient (Wildman–Crippen LogP) is 3.51. The van der Waals surface area contributed by atoms with Gasteiger partial charge in [0, 0.05) is 11.6 Å². The van der Waals surface area contributed by atoms with Gasteiger partial charge in [0.05, 0.1) is 17.7 Å². The van der Waals surface area contributed by atoms with E-state index >= 15 is 0 Å². The van der Waals surface area contributed by atoms with Gasteiger partial charge in [0.2, 0.25) is 0 Å². The first-order chi connectivity index (χ1) is 10.0. The zero-order chi connectivity index (χ0) is 15.4. The summed E-state index contributed by atoms with van der Waals surface area (Å²) in [6.07, 6.45) is 0. The van der Waals surface area contributed by atoms with Crippen LogP contribution in [-0.2, 0) is 0 Å². The van der Waals surface area contributed by atoms with Crippen LogP contribution < -0.4 is 10.1 Å². The van der Waals surface area contributed by atoms with E-state index in [0.717, 1.165) is 6.07 Å². The first kappa shape index (κ1) is 14.8. The van der Waals surface area contributed by atoms with Gasteiger partial charge in [-0.3, -0.25) is 14.9 Å². The van der Waals surface area contributed by atoms with Crippen LogP contribution in [0, 0.1) is 10.1 Å². The summed E-state index contributed by atoms with van der Waals surface area (Å²) in [6.45, 7) is 0. The van der Waals surface area contributed by atoms with Gasteiger partial charge >= 0.3 is 0 Å². The molecule has 0 radical (unpaired) electrons. The second-order valence-corrected chi connectivity index (χ2v) is 4.48. The number of carbonyl (C=O) groups excluding carboxylic acids is 1. The van der Waals surface area contributed by atoms with Gasteiger partial charge in [0.15, 0.2) is 0 Å². The van der Waals surface area contributed by atoms with Gasteiger partial charge in [0.1, 0.15) is 10.8 Å². The number of nitro benzene ring substituents is 1. The van der Waals surface area contributed by atoms with Crippen LogP contribution in [0.15, 0.2) is 42.5 Å². The molecule has 0 unspecified atom stereocenters. The number of hydrogen-bond donors (Lipinski definition) is 1. The Hall–Kier alpha value is -2.60. The normalized spacial score (nSPS) is 10.0. The van der Waals surface area contributed by atoms with Crippen molar-refractivity contribution in [1.29, 1.82) is 0 Å². The van der Waals surface area contributed by atoms with Crippen LogP contribution in [0.25, 0.3) is 0 Å². The number of nitro groups is 1. The van der Waals surface area contributed by atoms with E-state index in [-0.39, 0.29) is 16.3 Å². The number of amides is 1. The summed E-state index contributed by atoms with van der Waals surface area (Å²) in [5.74, 6) is 0.00794. The van der Waals surface area contributed by atoms with Crippen molar-refractivity contribution in [3.05, 3.63) is 63.2 Å². The molecular weight excluding hydrogens is 296 g/mol. The first-order valence-electron chi connectivity index (χ1n) is 5.91. The molecule has 6 nitrogen and oxygen atoms in total. The maximum Gasteiger partial charge on any atom is 0.288 e. The summed E-state index contributed by atoms with van der Waals surface area (Å²) in [5, 5.41) is 13.4. The van der Waals surface area contributed by atoms with E-state index in [0.29, 0.717) is 11.4 Å². The fourth-order valence-electron chi connectivity index (χ4n) is 1.74. The number of benzene rings is 2. The molecule has 0 saturated heterocycles. The minimum Gasteiger partial charge on any atom is -0.495 e. The maximum atomic E-state index is 12.1. The van der Waals surface area contributed by atoms with E-state index in [1.54, 1.807) is 24.3 Å². The maximum absolute atomic E-state index is 12.1. The Balaban J connectivity index is 2.29. The molecule has 0 spiro atoms. The number of anilines is 1. The molecular formula is C14H11ClN2O4. The van der Waals surface area contributed by atoms with E-state index in [1.165, 1.54) is 19.2 Å². The number of hydrogen-bond acceptors (Lipinski definition) is 4. The van der Waals surface area contributed by atoms with Gasteiger partial charge in [-0.15, -0.1) is 0 Å². The average Bonchev–Trinajstić information content (AvgIpc) is 2.47. The van der Waals surface area contributed by atoms with E-state index in [2.05, 4.69) is 5.32 Å². The number of rotatable bonds is 4. The van der Waals surface area contributed by atoms with Crippen LogP contribution in [0.5, 0.6) is 5.75 Å². The average molecular weight is 307 g/mol. The summed E-state index contributed by atoms with van der Waals surface area (Å²) in [7, 11) is 1.48. The lowest BCUT2D eigenvalue weighted by molar-refractivity contribution is -0.384. The fraction of sp³-hybridized carbons (Fsp3) is 0.0714. The third-order valence-electron chi connectivity index (χ3n) is 2.76. The molecule has 0 bridgehead atoms. The lowest BCUT2D eigenvalue weighted by Gasteiger charge is -2.09. The monoisotopic (exact) mass is 306 g/mol. The molecule has 0 atom stereocenters. The zero-order valence-electron chi connectivity index (χ0n) is 11.0. The number of nitrogens with one attached hydrogen (secondary N) is 1. The Labute approximate surface area is 125 Å². The predicted molar refractivity (Wildman–Crippen MR) is 79.1 cm³/mol. The fourth-order valence-corrected chi connectivity index (χ4v) is 1.92. The quantitative estimate of drug-likeness (QED) is 0.692. The Bertz CT molecular complexity index is 703. The van der Waals surface area contributed by atoms with Crippen molar-refractivity contribution in [2.24, 2.45) is 0 Å². The Morgan fingerprint density at radius 2 is 2.00 bits per heavy atom. The molecule has 0 fully saturated rings. The largest absolute Gasteiger partial charge is 0.495 e. The third-order valence-corrected chi connectivity index (χ3v) is 3.08. The van der Waals surface area contributed by atoms with Crippen LogP contribution >= 0.6 is 11.6 Å². The SMILES string of the molecule is COc1ccccc1NC(=O)c1ccc(Cl)c([N+](=O)[O-])c1. The molecule has 0 aliphatic carbocycles. The molecule has 2 rings (SSSR count). The summed E-state index contributed by atoms with van der Waals surface area (Å²) in [6, 6.07) is 10.7. The summed E-state index contributed by atoms with van der Waals surface area (Å²) in [4.78, 5) is 22.3. The van der Waals surface area contributed by atoms with Crippen molar-refractivity contribution in [2.75, 3.05) is 12.4 Å². The van der Waals surface area contributed by atoms with Gasteiger partial charge < -0.3 is 10.1 Å². The number of halogens is 1. The molecule has 7 heteroatoms. The van der Waals surface area contributed by atoms with Crippen molar-refractivity contribution in [2.45, 2.75) is 0 Å². The zero-order valence-corrected chi connectivity index (χ0v) is 11.8. The molecule has 1 amide bonds. The van der Waals surface area contributed by atoms with Crippen molar-refractivity contribution in [3.8, 4) is 5.75 Å². The van der Waals surface area contributed by atoms with Crippen LogP contribution in [-0.4, -0.2) is 17.9 Å². The minimum atomic E-state index is -0.637. The van der Waals surface area contributed by atoms with Crippen LogP contribution in [0.4, 0.5) is 11.4 Å². The van der Waals surface area contributed by atoms with Crippen LogP contribution in [0.3, 0.4) is 0 Å².